The van der Waals surface area contributed by atoms with Gasteiger partial charge >= 0.3 is 0 Å². The molecule has 0 radical (unpaired) electrons. The van der Waals surface area contributed by atoms with Crippen LogP contribution in [-0.2, 0) is 12.8 Å². The van der Waals surface area contributed by atoms with Gasteiger partial charge in [0.25, 0.3) is 0 Å². The van der Waals surface area contributed by atoms with Crippen molar-refractivity contribution >= 4 is 11.6 Å². The predicted octanol–water partition coefficient (Wildman–Crippen LogP) is 4.57. The molecule has 0 heterocycles. The Bertz CT molecular complexity index is 666. The van der Waals surface area contributed by atoms with Crippen LogP contribution in [0.5, 0.6) is 0 Å². The second-order valence-electron chi connectivity index (χ2n) is 5.93. The fourth-order valence-electron chi connectivity index (χ4n) is 3.19. The summed E-state index contributed by atoms with van der Waals surface area (Å²) in [5.41, 5.74) is 4.83. The molecule has 3 rings (SSSR count). The lowest BCUT2D eigenvalue weighted by Gasteiger charge is -2.31. The fourth-order valence-corrected chi connectivity index (χ4v) is 3.46. The maximum absolute atomic E-state index is 13.3. The minimum absolute atomic E-state index is 0.291. The summed E-state index contributed by atoms with van der Waals surface area (Å²) in [6.07, 6.45) is 3.26. The maximum Gasteiger partial charge on any atom is 0.124 e. The average Bonchev–Trinajstić information content (AvgIpc) is 2.46. The first-order valence-corrected chi connectivity index (χ1v) is 7.66. The molecule has 3 heteroatoms. The van der Waals surface area contributed by atoms with Gasteiger partial charge in [0.1, 0.15) is 5.82 Å². The van der Waals surface area contributed by atoms with E-state index in [1.54, 1.807) is 6.07 Å². The van der Waals surface area contributed by atoms with Gasteiger partial charge in [-0.05, 0) is 68.2 Å². The highest BCUT2D eigenvalue weighted by atomic mass is 35.5. The van der Waals surface area contributed by atoms with E-state index in [2.05, 4.69) is 37.2 Å². The fraction of sp³-hybridized carbons (Fsp3) is 0.333. The first-order valence-electron chi connectivity index (χ1n) is 7.29. The van der Waals surface area contributed by atoms with Crippen LogP contribution in [0.1, 0.15) is 17.5 Å². The molecule has 2 aromatic rings. The van der Waals surface area contributed by atoms with Gasteiger partial charge in [0.2, 0.25) is 0 Å². The number of fused-ring (bicyclic) bond motifs is 1. The van der Waals surface area contributed by atoms with Gasteiger partial charge in [-0.2, -0.15) is 0 Å². The number of likely N-dealkylation sites (N-methyl/N-ethyl adjacent to an activating group) is 1. The zero-order chi connectivity index (χ0) is 15.0. The monoisotopic (exact) mass is 303 g/mol. The van der Waals surface area contributed by atoms with Gasteiger partial charge in [-0.3, -0.25) is 0 Å². The van der Waals surface area contributed by atoms with Gasteiger partial charge in [-0.1, -0.05) is 29.8 Å². The third kappa shape index (κ3) is 2.83. The molecule has 0 bridgehead atoms. The van der Waals surface area contributed by atoms with Crippen LogP contribution in [0.4, 0.5) is 4.39 Å². The van der Waals surface area contributed by atoms with Crippen molar-refractivity contribution < 1.29 is 4.39 Å². The molecule has 1 aliphatic carbocycles. The molecule has 1 atom stereocenters. The molecular formula is C18H19ClFN. The number of nitrogens with zero attached hydrogens (tertiary/aromatic N) is 1. The SMILES string of the molecule is CN(C)C1CCc2c(cccc2-c2ccc(F)cc2Cl)C1. The molecular weight excluding hydrogens is 285 g/mol. The molecule has 21 heavy (non-hydrogen) atoms. The zero-order valence-corrected chi connectivity index (χ0v) is 13.1. The molecule has 1 nitrogen and oxygen atoms in total. The summed E-state index contributed by atoms with van der Waals surface area (Å²) in [5, 5.41) is 0.484. The lowest BCUT2D eigenvalue weighted by molar-refractivity contribution is 0.268. The summed E-state index contributed by atoms with van der Waals surface area (Å²) in [6.45, 7) is 0. The van der Waals surface area contributed by atoms with Crippen LogP contribution in [0.3, 0.4) is 0 Å². The van der Waals surface area contributed by atoms with E-state index in [0.717, 1.165) is 30.4 Å². The second kappa shape index (κ2) is 5.78. The van der Waals surface area contributed by atoms with Crippen LogP contribution in [0.2, 0.25) is 5.02 Å². The highest BCUT2D eigenvalue weighted by molar-refractivity contribution is 6.33. The van der Waals surface area contributed by atoms with Gasteiger partial charge < -0.3 is 4.90 Å². The lowest BCUT2D eigenvalue weighted by atomic mass is 9.83. The summed E-state index contributed by atoms with van der Waals surface area (Å²) in [7, 11) is 4.27. The molecule has 0 saturated carbocycles. The Morgan fingerprint density at radius 2 is 1.95 bits per heavy atom. The van der Waals surface area contributed by atoms with Crippen LogP contribution in [-0.4, -0.2) is 25.0 Å². The van der Waals surface area contributed by atoms with Crippen LogP contribution in [0, 0.1) is 5.82 Å². The molecule has 0 aromatic heterocycles. The first kappa shape index (κ1) is 14.6. The topological polar surface area (TPSA) is 3.24 Å². The third-order valence-corrected chi connectivity index (χ3v) is 4.72. The van der Waals surface area contributed by atoms with Crippen molar-refractivity contribution in [3.8, 4) is 11.1 Å². The van der Waals surface area contributed by atoms with Crippen LogP contribution < -0.4 is 0 Å². The molecule has 1 unspecified atom stereocenters. The summed E-state index contributed by atoms with van der Waals surface area (Å²) in [5.74, 6) is -0.291. The highest BCUT2D eigenvalue weighted by Gasteiger charge is 2.22. The van der Waals surface area contributed by atoms with Gasteiger partial charge in [-0.15, -0.1) is 0 Å². The van der Waals surface area contributed by atoms with Gasteiger partial charge in [0.05, 0.1) is 5.02 Å². The molecule has 0 amide bonds. The maximum atomic E-state index is 13.3. The second-order valence-corrected chi connectivity index (χ2v) is 6.33. The van der Waals surface area contributed by atoms with Crippen molar-refractivity contribution in [1.82, 2.24) is 4.90 Å². The predicted molar refractivity (Wildman–Crippen MR) is 86.3 cm³/mol. The van der Waals surface area contributed by atoms with E-state index in [0.29, 0.717) is 11.1 Å². The van der Waals surface area contributed by atoms with E-state index in [4.69, 9.17) is 11.6 Å². The molecule has 0 aliphatic heterocycles. The Hall–Kier alpha value is -1.38. The van der Waals surface area contributed by atoms with E-state index in [9.17, 15) is 4.39 Å². The van der Waals surface area contributed by atoms with Crippen molar-refractivity contribution in [2.75, 3.05) is 14.1 Å². The molecule has 0 fully saturated rings. The van der Waals surface area contributed by atoms with Crippen molar-refractivity contribution in [2.24, 2.45) is 0 Å². The molecule has 1 aliphatic rings. The van der Waals surface area contributed by atoms with Gasteiger partial charge in [0, 0.05) is 11.6 Å². The lowest BCUT2D eigenvalue weighted by Crippen LogP contribution is -2.33. The van der Waals surface area contributed by atoms with Crippen molar-refractivity contribution in [1.29, 1.82) is 0 Å². The molecule has 2 aromatic carbocycles. The molecule has 0 N–H and O–H groups in total. The van der Waals surface area contributed by atoms with Crippen molar-refractivity contribution in [2.45, 2.75) is 25.3 Å². The van der Waals surface area contributed by atoms with E-state index in [-0.39, 0.29) is 5.82 Å². The number of hydrogen-bond donors (Lipinski definition) is 0. The minimum Gasteiger partial charge on any atom is -0.306 e. The van der Waals surface area contributed by atoms with E-state index < -0.39 is 0 Å². The zero-order valence-electron chi connectivity index (χ0n) is 12.4. The summed E-state index contributed by atoms with van der Waals surface area (Å²) in [4.78, 5) is 2.29. The molecule has 0 saturated heterocycles. The first-order chi connectivity index (χ1) is 10.1. The number of benzene rings is 2. The van der Waals surface area contributed by atoms with Gasteiger partial charge in [-0.25, -0.2) is 4.39 Å². The standard InChI is InChI=1S/C18H19ClFN/c1-21(2)14-7-9-15-12(10-14)4-3-5-16(15)17-8-6-13(20)11-18(17)19/h3-6,8,11,14H,7,9-10H2,1-2H3. The minimum atomic E-state index is -0.291. The Kier molecular flexibility index (Phi) is 4.01. The smallest absolute Gasteiger partial charge is 0.124 e. The largest absolute Gasteiger partial charge is 0.306 e. The Morgan fingerprint density at radius 3 is 2.67 bits per heavy atom. The Labute approximate surface area is 130 Å². The Balaban J connectivity index is 2.04. The van der Waals surface area contributed by atoms with Crippen LogP contribution in [0.15, 0.2) is 36.4 Å². The van der Waals surface area contributed by atoms with E-state index >= 15 is 0 Å². The van der Waals surface area contributed by atoms with E-state index in [1.165, 1.54) is 23.3 Å². The number of hydrogen-bond acceptors (Lipinski definition) is 1. The van der Waals surface area contributed by atoms with Crippen LogP contribution in [0.25, 0.3) is 11.1 Å². The summed E-state index contributed by atoms with van der Waals surface area (Å²) in [6, 6.07) is 11.6. The van der Waals surface area contributed by atoms with Gasteiger partial charge in [0.15, 0.2) is 0 Å². The van der Waals surface area contributed by atoms with Crippen molar-refractivity contribution in [3.05, 3.63) is 58.4 Å². The van der Waals surface area contributed by atoms with Crippen molar-refractivity contribution in [3.63, 3.8) is 0 Å². The summed E-state index contributed by atoms with van der Waals surface area (Å²) < 4.78 is 13.3. The number of halogens is 2. The van der Waals surface area contributed by atoms with Crippen LogP contribution >= 0.6 is 11.6 Å². The molecule has 110 valence electrons. The van der Waals surface area contributed by atoms with E-state index in [1.807, 2.05) is 0 Å². The third-order valence-electron chi connectivity index (χ3n) is 4.41. The number of rotatable bonds is 2. The Morgan fingerprint density at radius 1 is 1.14 bits per heavy atom. The summed E-state index contributed by atoms with van der Waals surface area (Å²) >= 11 is 6.24. The normalized spacial score (nSPS) is 17.9. The average molecular weight is 304 g/mol. The molecule has 0 spiro atoms. The highest BCUT2D eigenvalue weighted by Crippen LogP contribution is 2.36. The quantitative estimate of drug-likeness (QED) is 0.786.